The van der Waals surface area contributed by atoms with Crippen molar-refractivity contribution in [3.63, 3.8) is 0 Å². The zero-order chi connectivity index (χ0) is 12.4. The first-order chi connectivity index (χ1) is 8.13. The lowest BCUT2D eigenvalue weighted by molar-refractivity contribution is 0.101. The van der Waals surface area contributed by atoms with Gasteiger partial charge in [-0.3, -0.25) is 4.79 Å². The van der Waals surface area contributed by atoms with Gasteiger partial charge in [0.1, 0.15) is 5.75 Å². The van der Waals surface area contributed by atoms with Crippen molar-refractivity contribution in [1.29, 1.82) is 0 Å². The highest BCUT2D eigenvalue weighted by molar-refractivity contribution is 6.31. The van der Waals surface area contributed by atoms with Gasteiger partial charge in [-0.15, -0.1) is 0 Å². The Kier molecular flexibility index (Phi) is 3.20. The smallest absolute Gasteiger partial charge is 0.232 e. The summed E-state index contributed by atoms with van der Waals surface area (Å²) in [7, 11) is 1.51. The summed E-state index contributed by atoms with van der Waals surface area (Å²) in [6.45, 7) is 1.81. The van der Waals surface area contributed by atoms with E-state index in [4.69, 9.17) is 20.8 Å². The van der Waals surface area contributed by atoms with Crippen LogP contribution in [-0.2, 0) is 0 Å². The van der Waals surface area contributed by atoms with E-state index in [1.54, 1.807) is 24.3 Å². The molecule has 0 fully saturated rings. The van der Waals surface area contributed by atoms with E-state index in [2.05, 4.69) is 0 Å². The first-order valence-electron chi connectivity index (χ1n) is 5.06. The molecule has 1 aromatic carbocycles. The molecule has 0 bridgehead atoms. The Labute approximate surface area is 104 Å². The van der Waals surface area contributed by atoms with Crippen LogP contribution in [-0.4, -0.2) is 12.9 Å². The zero-order valence-electron chi connectivity index (χ0n) is 9.49. The number of rotatable bonds is 3. The number of furan rings is 1. The van der Waals surface area contributed by atoms with Crippen molar-refractivity contribution >= 4 is 17.4 Å². The summed E-state index contributed by atoms with van der Waals surface area (Å²) in [4.78, 5) is 12.2. The van der Waals surface area contributed by atoms with Gasteiger partial charge >= 0.3 is 0 Å². The molecule has 1 aromatic heterocycles. The number of benzene rings is 1. The number of halogens is 1. The predicted octanol–water partition coefficient (Wildman–Crippen LogP) is 3.48. The van der Waals surface area contributed by atoms with Gasteiger partial charge in [-0.25, -0.2) is 0 Å². The third kappa shape index (κ3) is 2.19. The van der Waals surface area contributed by atoms with Crippen LogP contribution in [0, 0.1) is 6.92 Å². The Bertz CT molecular complexity index is 558. The van der Waals surface area contributed by atoms with Gasteiger partial charge in [0.25, 0.3) is 0 Å². The van der Waals surface area contributed by atoms with Gasteiger partial charge in [0.05, 0.1) is 18.9 Å². The molecule has 0 radical (unpaired) electrons. The minimum atomic E-state index is -0.230. The van der Waals surface area contributed by atoms with Crippen molar-refractivity contribution in [1.82, 2.24) is 0 Å². The van der Waals surface area contributed by atoms with Crippen LogP contribution in [0.2, 0.25) is 5.02 Å². The van der Waals surface area contributed by atoms with E-state index in [0.717, 1.165) is 5.56 Å². The summed E-state index contributed by atoms with van der Waals surface area (Å²) in [6, 6.07) is 6.65. The van der Waals surface area contributed by atoms with E-state index >= 15 is 0 Å². The summed E-state index contributed by atoms with van der Waals surface area (Å²) >= 11 is 5.88. The molecule has 1 heterocycles. The normalized spacial score (nSPS) is 10.3. The largest absolute Gasteiger partial charge is 0.496 e. The molecule has 17 heavy (non-hydrogen) atoms. The van der Waals surface area contributed by atoms with Crippen LogP contribution in [0.1, 0.15) is 21.7 Å². The molecule has 3 nitrogen and oxygen atoms in total. The average molecular weight is 251 g/mol. The topological polar surface area (TPSA) is 39.4 Å². The molecule has 0 saturated heterocycles. The lowest BCUT2D eigenvalue weighted by Gasteiger charge is -2.07. The van der Waals surface area contributed by atoms with Crippen molar-refractivity contribution < 1.29 is 13.9 Å². The van der Waals surface area contributed by atoms with Crippen molar-refractivity contribution in [3.8, 4) is 5.75 Å². The van der Waals surface area contributed by atoms with Gasteiger partial charge in [0.15, 0.2) is 5.76 Å². The second kappa shape index (κ2) is 4.63. The summed E-state index contributed by atoms with van der Waals surface area (Å²) < 4.78 is 10.3. The van der Waals surface area contributed by atoms with E-state index < -0.39 is 0 Å². The highest BCUT2D eigenvalue weighted by atomic mass is 35.5. The number of aryl methyl sites for hydroxylation is 1. The maximum absolute atomic E-state index is 12.2. The maximum Gasteiger partial charge on any atom is 0.232 e. The van der Waals surface area contributed by atoms with Gasteiger partial charge < -0.3 is 9.15 Å². The minimum Gasteiger partial charge on any atom is -0.496 e. The van der Waals surface area contributed by atoms with Crippen LogP contribution in [0.5, 0.6) is 5.75 Å². The number of hydrogen-bond donors (Lipinski definition) is 0. The molecule has 0 aliphatic heterocycles. The second-order valence-corrected chi connectivity index (χ2v) is 4.04. The monoisotopic (exact) mass is 250 g/mol. The van der Waals surface area contributed by atoms with Crippen LogP contribution in [0.4, 0.5) is 0 Å². The average Bonchev–Trinajstić information content (AvgIpc) is 2.74. The molecule has 2 aromatic rings. The fourth-order valence-corrected chi connectivity index (χ4v) is 1.76. The molecule has 2 rings (SSSR count). The molecular formula is C13H11ClO3. The highest BCUT2D eigenvalue weighted by Gasteiger charge is 2.19. The standard InChI is InChI=1S/C13H11ClO3/c1-8-5-6-17-13(8)12(15)10-7-9(14)3-4-11(10)16-2/h3-7H,1-2H3. The fraction of sp³-hybridized carbons (Fsp3) is 0.154. The molecule has 0 saturated carbocycles. The number of ether oxygens (including phenoxy) is 1. The predicted molar refractivity (Wildman–Crippen MR) is 64.9 cm³/mol. The third-order valence-electron chi connectivity index (χ3n) is 2.47. The highest BCUT2D eigenvalue weighted by Crippen LogP contribution is 2.26. The molecule has 0 N–H and O–H groups in total. The van der Waals surface area contributed by atoms with E-state index in [0.29, 0.717) is 22.1 Å². The molecular weight excluding hydrogens is 240 g/mol. The first kappa shape index (κ1) is 11.7. The maximum atomic E-state index is 12.2. The summed E-state index contributed by atoms with van der Waals surface area (Å²) in [5.41, 5.74) is 1.19. The van der Waals surface area contributed by atoms with Crippen LogP contribution >= 0.6 is 11.6 Å². The Morgan fingerprint density at radius 3 is 2.71 bits per heavy atom. The number of carbonyl (C=O) groups excluding carboxylic acids is 1. The lowest BCUT2D eigenvalue weighted by atomic mass is 10.1. The summed E-state index contributed by atoms with van der Waals surface area (Å²) in [6.07, 6.45) is 1.49. The van der Waals surface area contributed by atoms with Crippen molar-refractivity contribution in [2.45, 2.75) is 6.92 Å². The van der Waals surface area contributed by atoms with Crippen molar-refractivity contribution in [2.24, 2.45) is 0 Å². The molecule has 0 aliphatic rings. The number of ketones is 1. The van der Waals surface area contributed by atoms with Crippen LogP contribution in [0.3, 0.4) is 0 Å². The quantitative estimate of drug-likeness (QED) is 0.783. The van der Waals surface area contributed by atoms with Crippen LogP contribution < -0.4 is 4.74 Å². The third-order valence-corrected chi connectivity index (χ3v) is 2.71. The van der Waals surface area contributed by atoms with E-state index in [9.17, 15) is 4.79 Å². The van der Waals surface area contributed by atoms with Crippen molar-refractivity contribution in [3.05, 3.63) is 52.4 Å². The lowest BCUT2D eigenvalue weighted by Crippen LogP contribution is -2.04. The minimum absolute atomic E-state index is 0.230. The van der Waals surface area contributed by atoms with E-state index in [1.165, 1.54) is 13.4 Å². The van der Waals surface area contributed by atoms with Gasteiger partial charge in [0.2, 0.25) is 5.78 Å². The molecule has 0 unspecified atom stereocenters. The van der Waals surface area contributed by atoms with Gasteiger partial charge in [0, 0.05) is 5.02 Å². The Hall–Kier alpha value is -1.74. The zero-order valence-corrected chi connectivity index (χ0v) is 10.2. The Morgan fingerprint density at radius 2 is 2.12 bits per heavy atom. The first-order valence-corrected chi connectivity index (χ1v) is 5.43. The molecule has 4 heteroatoms. The molecule has 0 spiro atoms. The van der Waals surface area contributed by atoms with Gasteiger partial charge in [-0.2, -0.15) is 0 Å². The molecule has 0 amide bonds. The molecule has 0 aliphatic carbocycles. The van der Waals surface area contributed by atoms with Crippen LogP contribution in [0.15, 0.2) is 34.9 Å². The fourth-order valence-electron chi connectivity index (χ4n) is 1.59. The SMILES string of the molecule is COc1ccc(Cl)cc1C(=O)c1occc1C. The number of hydrogen-bond acceptors (Lipinski definition) is 3. The van der Waals surface area contributed by atoms with Crippen molar-refractivity contribution in [2.75, 3.05) is 7.11 Å². The van der Waals surface area contributed by atoms with Gasteiger partial charge in [-0.05, 0) is 36.8 Å². The summed E-state index contributed by atoms with van der Waals surface area (Å²) in [5, 5.41) is 0.485. The number of carbonyl (C=O) groups is 1. The van der Waals surface area contributed by atoms with E-state index in [1.807, 2.05) is 6.92 Å². The second-order valence-electron chi connectivity index (χ2n) is 3.61. The Morgan fingerprint density at radius 1 is 1.35 bits per heavy atom. The molecule has 0 atom stereocenters. The van der Waals surface area contributed by atoms with Crippen LogP contribution in [0.25, 0.3) is 0 Å². The summed E-state index contributed by atoms with van der Waals surface area (Å²) in [5.74, 6) is 0.563. The Balaban J connectivity index is 2.50. The van der Waals surface area contributed by atoms with E-state index in [-0.39, 0.29) is 5.78 Å². The number of methoxy groups -OCH3 is 1. The molecule has 88 valence electrons. The van der Waals surface area contributed by atoms with Gasteiger partial charge in [-0.1, -0.05) is 11.6 Å².